The second-order valence-corrected chi connectivity index (χ2v) is 22.2. The van der Waals surface area contributed by atoms with E-state index >= 15 is 26.3 Å². The van der Waals surface area contributed by atoms with E-state index in [4.69, 9.17) is 0 Å². The van der Waals surface area contributed by atoms with Gasteiger partial charge in [-0.15, -0.1) is 0 Å². The van der Waals surface area contributed by atoms with Gasteiger partial charge in [0.05, 0.1) is 39.9 Å². The Kier molecular flexibility index (Phi) is 13.5. The first-order chi connectivity index (χ1) is 39.3. The average Bonchev–Trinajstić information content (AvgIpc) is 3.61. The molecule has 4 aliphatic carbocycles. The van der Waals surface area contributed by atoms with Gasteiger partial charge in [0.1, 0.15) is 0 Å². The van der Waals surface area contributed by atoms with Crippen molar-refractivity contribution in [2.75, 3.05) is 9.80 Å². The molecule has 0 fully saturated rings. The lowest BCUT2D eigenvalue weighted by Gasteiger charge is -2.44. The van der Waals surface area contributed by atoms with E-state index in [0.29, 0.717) is 17.1 Å². The number of benzene rings is 8. The fourth-order valence-corrected chi connectivity index (χ4v) is 13.4. The van der Waals surface area contributed by atoms with Crippen molar-refractivity contribution in [1.82, 2.24) is 0 Å². The van der Waals surface area contributed by atoms with Crippen LogP contribution in [0.2, 0.25) is 0 Å². The minimum absolute atomic E-state index is 0.0127. The van der Waals surface area contributed by atoms with Crippen molar-refractivity contribution >= 4 is 22.7 Å². The van der Waals surface area contributed by atoms with Gasteiger partial charge >= 0.3 is 12.4 Å². The zero-order valence-corrected chi connectivity index (χ0v) is 46.9. The van der Waals surface area contributed by atoms with Crippen molar-refractivity contribution in [1.29, 1.82) is 0 Å². The summed E-state index contributed by atoms with van der Waals surface area (Å²) in [6.45, 7) is 16.4. The van der Waals surface area contributed by atoms with E-state index in [0.717, 1.165) is 129 Å². The monoisotopic (exact) mass is 1090 g/mol. The third-order valence-electron chi connectivity index (χ3n) is 16.9. The number of hydrogen-bond donors (Lipinski definition) is 0. The quantitative estimate of drug-likeness (QED) is 0.126. The second kappa shape index (κ2) is 20.6. The summed E-state index contributed by atoms with van der Waals surface area (Å²) in [6.07, 6.45) is 6.51. The Labute approximate surface area is 476 Å². The number of halogens is 6. The SMILES string of the molecule is Cc1cccc(C)c1-c1ccc(N(C2=C3C=CC4=C5C(=CC=C(C=C2)C35)C(N(c2ccc(-c3c(C)cccc3C)cc2-c2c(C)cccc2C)c2ccccc2C(F)(F)F)C=C4)c2ccccc2C(F)(F)F)c(-c2c(C)cccc2C)c1. The molecule has 2 unspecified atom stereocenters. The lowest BCUT2D eigenvalue weighted by molar-refractivity contribution is -0.137. The molecule has 0 spiro atoms. The van der Waals surface area contributed by atoms with Crippen LogP contribution in [0.15, 0.2) is 240 Å². The first-order valence-corrected chi connectivity index (χ1v) is 27.7. The predicted molar refractivity (Wildman–Crippen MR) is 325 cm³/mol. The van der Waals surface area contributed by atoms with Crippen molar-refractivity contribution in [3.8, 4) is 44.5 Å². The predicted octanol–water partition coefficient (Wildman–Crippen LogP) is 20.9. The first kappa shape index (κ1) is 53.7. The standard InChI is InChI=1S/C74H60F6N2/c1-43-17-13-18-44(2)67(43)53-33-39-63(57(41-53)69-47(5)21-15-22-48(69)6)81(65-27-11-9-25-59(65)73(75,76)77)61-37-31-51-30-36-56-62(38-32-52-29-35-55(61)71(51)72(52)56)82(66-28-12-10-26-60(66)74(78,79)80)64-40-34-54(68-45(3)19-14-20-46(68)4)42-58(64)70-49(7)23-16-24-50(70)8/h9-42,61,72H,1-8H3. The van der Waals surface area contributed by atoms with E-state index in [-0.39, 0.29) is 11.4 Å². The molecule has 408 valence electrons. The Balaban J connectivity index is 1.09. The van der Waals surface area contributed by atoms with Crippen LogP contribution >= 0.6 is 0 Å². The summed E-state index contributed by atoms with van der Waals surface area (Å²) in [7, 11) is 0. The van der Waals surface area contributed by atoms with Gasteiger partial charge in [0, 0.05) is 22.7 Å². The molecule has 12 rings (SSSR count). The summed E-state index contributed by atoms with van der Waals surface area (Å²) >= 11 is 0. The molecule has 8 aromatic rings. The molecule has 2 nitrogen and oxygen atoms in total. The molecule has 0 amide bonds. The van der Waals surface area contributed by atoms with E-state index in [1.54, 1.807) is 29.2 Å². The molecule has 0 radical (unpaired) electrons. The lowest BCUT2D eigenvalue weighted by atomic mass is 9.67. The molecular weight excluding hydrogens is 1030 g/mol. The summed E-state index contributed by atoms with van der Waals surface area (Å²) in [6, 6.07) is 47.5. The molecule has 0 aliphatic heterocycles. The normalized spacial score (nSPS) is 16.3. The molecule has 4 aliphatic rings. The van der Waals surface area contributed by atoms with Crippen molar-refractivity contribution in [3.63, 3.8) is 0 Å². The number of rotatable bonds is 10. The molecule has 8 aromatic carbocycles. The van der Waals surface area contributed by atoms with Gasteiger partial charge in [-0.1, -0.05) is 152 Å². The highest BCUT2D eigenvalue weighted by molar-refractivity contribution is 5.94. The zero-order chi connectivity index (χ0) is 57.5. The maximum Gasteiger partial charge on any atom is 0.418 e. The number of nitrogens with zero attached hydrogens (tertiary/aromatic N) is 2. The van der Waals surface area contributed by atoms with Crippen molar-refractivity contribution < 1.29 is 26.3 Å². The molecular formula is C74H60F6N2. The summed E-state index contributed by atoms with van der Waals surface area (Å²) in [5, 5.41) is 0. The molecule has 82 heavy (non-hydrogen) atoms. The Hall–Kier alpha value is -8.88. The Bertz CT molecular complexity index is 4110. The van der Waals surface area contributed by atoms with E-state index in [9.17, 15) is 0 Å². The highest BCUT2D eigenvalue weighted by Crippen LogP contribution is 2.56. The van der Waals surface area contributed by atoms with Crippen LogP contribution in [-0.4, -0.2) is 6.04 Å². The second-order valence-electron chi connectivity index (χ2n) is 22.2. The van der Waals surface area contributed by atoms with Crippen molar-refractivity contribution in [3.05, 3.63) is 296 Å². The van der Waals surface area contributed by atoms with Crippen LogP contribution in [0.25, 0.3) is 44.5 Å². The van der Waals surface area contributed by atoms with Crippen LogP contribution in [0.3, 0.4) is 0 Å². The number of allylic oxidation sites excluding steroid dienone is 10. The molecule has 0 saturated heterocycles. The van der Waals surface area contributed by atoms with E-state index < -0.39 is 35.4 Å². The van der Waals surface area contributed by atoms with Gasteiger partial charge in [-0.2, -0.15) is 26.3 Å². The number of aryl methyl sites for hydroxylation is 8. The largest absolute Gasteiger partial charge is 0.418 e. The van der Waals surface area contributed by atoms with Crippen molar-refractivity contribution in [2.45, 2.75) is 73.8 Å². The fourth-order valence-electron chi connectivity index (χ4n) is 13.4. The molecule has 0 aromatic heterocycles. The highest BCUT2D eigenvalue weighted by atomic mass is 19.4. The van der Waals surface area contributed by atoms with Gasteiger partial charge in [-0.25, -0.2) is 0 Å². The topological polar surface area (TPSA) is 6.48 Å². The summed E-state index contributed by atoms with van der Waals surface area (Å²) in [5.74, 6) is -0.505. The number of para-hydroxylation sites is 2. The maximum atomic E-state index is 15.7. The Morgan fingerprint density at radius 3 is 1.35 bits per heavy atom. The minimum Gasteiger partial charge on any atom is -0.329 e. The number of anilines is 4. The zero-order valence-electron chi connectivity index (χ0n) is 46.9. The molecule has 8 heteroatoms. The Morgan fingerprint density at radius 2 is 0.841 bits per heavy atom. The van der Waals surface area contributed by atoms with Crippen LogP contribution in [-0.2, 0) is 12.4 Å². The van der Waals surface area contributed by atoms with Gasteiger partial charge in [-0.3, -0.25) is 0 Å². The first-order valence-electron chi connectivity index (χ1n) is 27.7. The smallest absolute Gasteiger partial charge is 0.329 e. The van der Waals surface area contributed by atoms with Gasteiger partial charge < -0.3 is 9.80 Å². The van der Waals surface area contributed by atoms with Gasteiger partial charge in [0.25, 0.3) is 0 Å². The van der Waals surface area contributed by atoms with Gasteiger partial charge in [-0.05, 0) is 216 Å². The third-order valence-corrected chi connectivity index (χ3v) is 16.9. The minimum atomic E-state index is -4.73. The van der Waals surface area contributed by atoms with E-state index in [1.807, 2.05) is 154 Å². The molecule has 0 N–H and O–H groups in total. The number of alkyl halides is 6. The maximum absolute atomic E-state index is 15.7. The molecule has 0 bridgehead atoms. The number of hydrogen-bond acceptors (Lipinski definition) is 2. The van der Waals surface area contributed by atoms with Crippen LogP contribution in [0.5, 0.6) is 0 Å². The molecule has 2 atom stereocenters. The summed E-state index contributed by atoms with van der Waals surface area (Å²) < 4.78 is 94.4. The summed E-state index contributed by atoms with van der Waals surface area (Å²) in [4.78, 5) is 3.64. The van der Waals surface area contributed by atoms with Crippen LogP contribution < -0.4 is 9.80 Å². The summed E-state index contributed by atoms with van der Waals surface area (Å²) in [5.41, 5.74) is 19.8. The van der Waals surface area contributed by atoms with Crippen LogP contribution in [0.4, 0.5) is 49.1 Å². The third kappa shape index (κ3) is 9.18. The van der Waals surface area contributed by atoms with Crippen molar-refractivity contribution in [2.24, 2.45) is 5.92 Å². The average molecular weight is 1090 g/mol. The van der Waals surface area contributed by atoms with Gasteiger partial charge in [0.2, 0.25) is 0 Å². The van der Waals surface area contributed by atoms with Gasteiger partial charge in [0.15, 0.2) is 0 Å². The van der Waals surface area contributed by atoms with Crippen LogP contribution in [0.1, 0.15) is 55.6 Å². The van der Waals surface area contributed by atoms with Crippen LogP contribution in [0, 0.1) is 61.3 Å². The van der Waals surface area contributed by atoms with E-state index in [1.165, 1.54) is 12.1 Å². The molecule has 0 saturated carbocycles. The Morgan fingerprint density at radius 1 is 0.390 bits per heavy atom. The lowest BCUT2D eigenvalue weighted by Crippen LogP contribution is -2.38. The van der Waals surface area contributed by atoms with E-state index in [2.05, 4.69) is 64.1 Å². The molecule has 0 heterocycles. The fraction of sp³-hybridized carbons (Fsp3) is 0.162. The highest BCUT2D eigenvalue weighted by Gasteiger charge is 2.44.